The smallest absolute Gasteiger partial charge is 0.222 e. The molecule has 94 valence electrons. The van der Waals surface area contributed by atoms with E-state index in [-0.39, 0.29) is 0 Å². The Morgan fingerprint density at radius 3 is 2.76 bits per heavy atom. The van der Waals surface area contributed by atoms with E-state index in [4.69, 9.17) is 0 Å². The molecule has 1 fully saturated rings. The molecule has 2 rings (SSSR count). The van der Waals surface area contributed by atoms with Crippen LogP contribution in [0.4, 0.5) is 10.3 Å². The molecule has 6 heteroatoms. The average molecular weight is 239 g/mol. The lowest BCUT2D eigenvalue weighted by molar-refractivity contribution is 0.121. The van der Waals surface area contributed by atoms with E-state index in [1.54, 1.807) is 0 Å². The van der Waals surface area contributed by atoms with E-state index >= 15 is 0 Å². The van der Waals surface area contributed by atoms with Crippen molar-refractivity contribution in [3.63, 3.8) is 0 Å². The molecule has 0 amide bonds. The third-order valence-electron chi connectivity index (χ3n) is 3.10. The molecule has 1 aliphatic rings. The zero-order valence-corrected chi connectivity index (χ0v) is 10.2. The van der Waals surface area contributed by atoms with Crippen LogP contribution in [-0.2, 0) is 0 Å². The van der Waals surface area contributed by atoms with Crippen LogP contribution in [-0.4, -0.2) is 66.1 Å². The van der Waals surface area contributed by atoms with Crippen molar-refractivity contribution in [1.82, 2.24) is 19.8 Å². The van der Waals surface area contributed by atoms with Crippen LogP contribution in [0.3, 0.4) is 0 Å². The van der Waals surface area contributed by atoms with E-state index in [9.17, 15) is 4.39 Å². The van der Waals surface area contributed by atoms with Gasteiger partial charge in [-0.2, -0.15) is 0 Å². The van der Waals surface area contributed by atoms with Gasteiger partial charge in [-0.1, -0.05) is 0 Å². The van der Waals surface area contributed by atoms with E-state index in [2.05, 4.69) is 39.2 Å². The highest BCUT2D eigenvalue weighted by atomic mass is 19.1. The first-order valence-corrected chi connectivity index (χ1v) is 5.75. The molecule has 1 aliphatic heterocycles. The summed E-state index contributed by atoms with van der Waals surface area (Å²) in [6.45, 7) is 3.95. The van der Waals surface area contributed by atoms with E-state index in [0.29, 0.717) is 12.0 Å². The van der Waals surface area contributed by atoms with E-state index in [1.807, 2.05) is 0 Å². The fraction of sp³-hybridized carbons (Fsp3) is 0.636. The quantitative estimate of drug-likeness (QED) is 0.820. The largest absolute Gasteiger partial charge is 0.353 e. The van der Waals surface area contributed by atoms with Gasteiger partial charge in [-0.25, -0.2) is 14.4 Å². The molecule has 2 heterocycles. The van der Waals surface area contributed by atoms with Gasteiger partial charge in [-0.15, -0.1) is 0 Å². The zero-order valence-electron chi connectivity index (χ0n) is 10.2. The van der Waals surface area contributed by atoms with Crippen molar-refractivity contribution in [2.75, 3.05) is 45.6 Å². The van der Waals surface area contributed by atoms with Crippen molar-refractivity contribution in [3.05, 3.63) is 18.2 Å². The van der Waals surface area contributed by atoms with Crippen LogP contribution in [0.25, 0.3) is 0 Å². The Labute approximate surface area is 101 Å². The summed E-state index contributed by atoms with van der Waals surface area (Å²) >= 11 is 0. The lowest BCUT2D eigenvalue weighted by Crippen LogP contribution is -2.52. The summed E-state index contributed by atoms with van der Waals surface area (Å²) in [4.78, 5) is 12.4. The molecular formula is C11H18FN5. The van der Waals surface area contributed by atoms with Crippen molar-refractivity contribution < 1.29 is 4.39 Å². The second-order valence-electron chi connectivity index (χ2n) is 4.50. The van der Waals surface area contributed by atoms with Gasteiger partial charge in [-0.05, 0) is 14.1 Å². The summed E-state index contributed by atoms with van der Waals surface area (Å²) < 4.78 is 12.6. The summed E-state index contributed by atoms with van der Waals surface area (Å²) in [7, 11) is 4.24. The molecule has 1 atom stereocenters. The standard InChI is InChI=1S/C11H18FN5/c1-16-3-4-17(2)10(8-16)7-15-11-13-5-9(12)6-14-11/h5-6,10H,3-4,7-8H2,1-2H3,(H,13,14,15). The molecule has 0 spiro atoms. The van der Waals surface area contributed by atoms with Crippen molar-refractivity contribution in [2.45, 2.75) is 6.04 Å². The van der Waals surface area contributed by atoms with Gasteiger partial charge in [0.1, 0.15) is 0 Å². The van der Waals surface area contributed by atoms with Gasteiger partial charge in [0.25, 0.3) is 0 Å². The average Bonchev–Trinajstić information content (AvgIpc) is 2.32. The van der Waals surface area contributed by atoms with Crippen molar-refractivity contribution >= 4 is 5.95 Å². The second kappa shape index (κ2) is 5.37. The summed E-state index contributed by atoms with van der Waals surface area (Å²) in [5.41, 5.74) is 0. The fourth-order valence-corrected chi connectivity index (χ4v) is 1.93. The number of hydrogen-bond acceptors (Lipinski definition) is 5. The number of halogens is 1. The molecule has 0 radical (unpaired) electrons. The monoisotopic (exact) mass is 239 g/mol. The van der Waals surface area contributed by atoms with Crippen LogP contribution in [0.15, 0.2) is 12.4 Å². The van der Waals surface area contributed by atoms with Gasteiger partial charge < -0.3 is 10.2 Å². The minimum atomic E-state index is -0.412. The summed E-state index contributed by atoms with van der Waals surface area (Å²) in [5, 5.41) is 3.14. The maximum Gasteiger partial charge on any atom is 0.222 e. The van der Waals surface area contributed by atoms with Crippen LogP contribution in [0, 0.1) is 5.82 Å². The first-order chi connectivity index (χ1) is 8.15. The van der Waals surface area contributed by atoms with Crippen LogP contribution < -0.4 is 5.32 Å². The van der Waals surface area contributed by atoms with Gasteiger partial charge >= 0.3 is 0 Å². The molecule has 1 unspecified atom stereocenters. The zero-order chi connectivity index (χ0) is 12.3. The first kappa shape index (κ1) is 12.2. The predicted molar refractivity (Wildman–Crippen MR) is 64.4 cm³/mol. The highest BCUT2D eigenvalue weighted by Gasteiger charge is 2.21. The van der Waals surface area contributed by atoms with Crippen LogP contribution in [0.2, 0.25) is 0 Å². The molecule has 1 aromatic heterocycles. The number of piperazine rings is 1. The Morgan fingerprint density at radius 2 is 2.06 bits per heavy atom. The fourth-order valence-electron chi connectivity index (χ4n) is 1.93. The van der Waals surface area contributed by atoms with Gasteiger partial charge in [0.15, 0.2) is 5.82 Å². The summed E-state index contributed by atoms with van der Waals surface area (Å²) in [6.07, 6.45) is 2.35. The van der Waals surface area contributed by atoms with Gasteiger partial charge in [0, 0.05) is 32.2 Å². The van der Waals surface area contributed by atoms with Gasteiger partial charge in [-0.3, -0.25) is 4.90 Å². The van der Waals surface area contributed by atoms with Crippen LogP contribution in [0.1, 0.15) is 0 Å². The predicted octanol–water partition coefficient (Wildman–Crippen LogP) is 0.273. The van der Waals surface area contributed by atoms with E-state index in [1.165, 1.54) is 12.4 Å². The van der Waals surface area contributed by atoms with E-state index in [0.717, 1.165) is 26.2 Å². The topological polar surface area (TPSA) is 44.3 Å². The van der Waals surface area contributed by atoms with E-state index < -0.39 is 5.82 Å². The molecule has 5 nitrogen and oxygen atoms in total. The Hall–Kier alpha value is -1.27. The third kappa shape index (κ3) is 3.34. The van der Waals surface area contributed by atoms with Crippen molar-refractivity contribution in [2.24, 2.45) is 0 Å². The minimum absolute atomic E-state index is 0.412. The number of nitrogens with zero attached hydrogens (tertiary/aromatic N) is 4. The maximum absolute atomic E-state index is 12.6. The highest BCUT2D eigenvalue weighted by Crippen LogP contribution is 2.07. The lowest BCUT2D eigenvalue weighted by Gasteiger charge is -2.37. The summed E-state index contributed by atoms with van der Waals surface area (Å²) in [6, 6.07) is 0.433. The SMILES string of the molecule is CN1CCN(C)C(CNc2ncc(F)cn2)C1. The van der Waals surface area contributed by atoms with Gasteiger partial charge in [0.2, 0.25) is 5.95 Å². The third-order valence-corrected chi connectivity index (χ3v) is 3.10. The van der Waals surface area contributed by atoms with Crippen molar-refractivity contribution in [1.29, 1.82) is 0 Å². The van der Waals surface area contributed by atoms with Crippen LogP contribution >= 0.6 is 0 Å². The normalized spacial score (nSPS) is 22.6. The molecule has 0 aliphatic carbocycles. The number of anilines is 1. The molecule has 0 bridgehead atoms. The number of likely N-dealkylation sites (N-methyl/N-ethyl adjacent to an activating group) is 2. The molecular weight excluding hydrogens is 221 g/mol. The molecule has 1 saturated heterocycles. The molecule has 1 N–H and O–H groups in total. The first-order valence-electron chi connectivity index (χ1n) is 5.75. The van der Waals surface area contributed by atoms with Gasteiger partial charge in [0.05, 0.1) is 12.4 Å². The Kier molecular flexibility index (Phi) is 3.86. The molecule has 0 aromatic carbocycles. The molecule has 1 aromatic rings. The molecule has 17 heavy (non-hydrogen) atoms. The Morgan fingerprint density at radius 1 is 1.35 bits per heavy atom. The number of nitrogens with one attached hydrogen (secondary N) is 1. The second-order valence-corrected chi connectivity index (χ2v) is 4.50. The number of hydrogen-bond donors (Lipinski definition) is 1. The maximum atomic E-state index is 12.6. The number of rotatable bonds is 3. The Bertz CT molecular complexity index is 355. The van der Waals surface area contributed by atoms with Crippen molar-refractivity contribution in [3.8, 4) is 0 Å². The summed E-state index contributed by atoms with van der Waals surface area (Å²) in [5.74, 6) is 0.0677. The lowest BCUT2D eigenvalue weighted by atomic mass is 10.2. The van der Waals surface area contributed by atoms with Crippen LogP contribution in [0.5, 0.6) is 0 Å². The number of aromatic nitrogens is 2. The Balaban J connectivity index is 1.86. The minimum Gasteiger partial charge on any atom is -0.353 e. The highest BCUT2D eigenvalue weighted by molar-refractivity contribution is 5.22. The molecule has 0 saturated carbocycles.